The number of nitrogens with one attached hydrogen (secondary N) is 2. The highest BCUT2D eigenvalue weighted by atomic mass is 16.5. The number of pyridine rings is 1. The van der Waals surface area contributed by atoms with E-state index in [1.165, 1.54) is 27.6 Å². The second kappa shape index (κ2) is 19.1. The van der Waals surface area contributed by atoms with Crippen molar-refractivity contribution in [1.82, 2.24) is 28.9 Å². The number of amides is 2. The molecule has 2 unspecified atom stereocenters. The topological polar surface area (TPSA) is 160 Å². The molecule has 2 amide bonds. The summed E-state index contributed by atoms with van der Waals surface area (Å²) >= 11 is 0. The normalized spacial score (nSPS) is 24.3. The summed E-state index contributed by atoms with van der Waals surface area (Å²) in [6.45, 7) is 21.3. The summed E-state index contributed by atoms with van der Waals surface area (Å²) in [6, 6.07) is 12.6. The number of carbonyl (C=O) groups is 2. The Morgan fingerprint density at radius 2 is 1.72 bits per heavy atom. The zero-order valence-corrected chi connectivity index (χ0v) is 41.1. The van der Waals surface area contributed by atoms with E-state index in [1.807, 2.05) is 29.3 Å². The molecule has 17 heteroatoms. The Bertz CT molecular complexity index is 2640. The number of aromatic nitrogens is 4. The molecule has 0 bridgehead atoms. The van der Waals surface area contributed by atoms with Crippen LogP contribution in [-0.4, -0.2) is 148 Å². The summed E-state index contributed by atoms with van der Waals surface area (Å²) in [6.07, 6.45) is 10.6. The van der Waals surface area contributed by atoms with Gasteiger partial charge in [-0.3, -0.25) is 19.3 Å². The molecule has 4 atom stereocenters. The summed E-state index contributed by atoms with van der Waals surface area (Å²) in [5, 5.41) is 17.3. The Balaban J connectivity index is 0.813. The van der Waals surface area contributed by atoms with E-state index in [2.05, 4.69) is 92.2 Å². The lowest BCUT2D eigenvalue weighted by Gasteiger charge is -2.47. The molecular formula is C52H70N12O5. The zero-order valence-electron chi connectivity index (χ0n) is 41.1. The van der Waals surface area contributed by atoms with Crippen LogP contribution in [0.2, 0.25) is 0 Å². The SMILES string of the molecule is C=CC(=O)Nc1cc(Nc2nc(N3CCCC(N4CCn5c(cc6c5CC(C)(C)C6)C4=O)C3CO)cn(C)c2=O)ccc1N1CCN(C2CCN(c3ccnc(N4CCOC[C@@H]4C)c3)CC2)C[C@@H]1C. The third-order valence-corrected chi connectivity index (χ3v) is 15.7. The molecule has 10 rings (SSSR count). The van der Waals surface area contributed by atoms with Crippen molar-refractivity contribution < 1.29 is 19.4 Å². The fourth-order valence-electron chi connectivity index (χ4n) is 12.2. The quantitative estimate of drug-likeness (QED) is 0.175. The predicted molar refractivity (Wildman–Crippen MR) is 271 cm³/mol. The lowest BCUT2D eigenvalue weighted by Crippen LogP contribution is -2.60. The van der Waals surface area contributed by atoms with Gasteiger partial charge >= 0.3 is 0 Å². The van der Waals surface area contributed by atoms with E-state index in [9.17, 15) is 19.5 Å². The Morgan fingerprint density at radius 3 is 2.49 bits per heavy atom. The van der Waals surface area contributed by atoms with Gasteiger partial charge in [-0.05, 0) is 99.8 Å². The number of ether oxygens (including phenoxy) is 1. The van der Waals surface area contributed by atoms with E-state index in [-0.39, 0.29) is 47.3 Å². The van der Waals surface area contributed by atoms with Gasteiger partial charge in [0.2, 0.25) is 5.91 Å². The molecule has 5 aliphatic heterocycles. The fraction of sp³-hybridized carbons (Fsp3) is 0.558. The van der Waals surface area contributed by atoms with Crippen molar-refractivity contribution in [2.45, 2.75) is 103 Å². The minimum Gasteiger partial charge on any atom is -0.394 e. The van der Waals surface area contributed by atoms with Crippen LogP contribution in [0.1, 0.15) is 75.1 Å². The van der Waals surface area contributed by atoms with Gasteiger partial charge in [0.05, 0.1) is 49.3 Å². The molecule has 3 aromatic heterocycles. The van der Waals surface area contributed by atoms with E-state index in [4.69, 9.17) is 14.7 Å². The Hall–Kier alpha value is -5.91. The number of hydrogen-bond donors (Lipinski definition) is 3. The minimum absolute atomic E-state index is 0.0139. The van der Waals surface area contributed by atoms with Crippen LogP contribution in [0.25, 0.3) is 0 Å². The van der Waals surface area contributed by atoms with E-state index in [0.717, 1.165) is 115 Å². The van der Waals surface area contributed by atoms with Crippen molar-refractivity contribution in [3.05, 3.63) is 88.8 Å². The van der Waals surface area contributed by atoms with Gasteiger partial charge < -0.3 is 54.1 Å². The summed E-state index contributed by atoms with van der Waals surface area (Å²) < 4.78 is 9.40. The fourth-order valence-corrected chi connectivity index (χ4v) is 12.2. The summed E-state index contributed by atoms with van der Waals surface area (Å²) in [4.78, 5) is 64.3. The number of hydrogen-bond acceptors (Lipinski definition) is 13. The van der Waals surface area contributed by atoms with Crippen LogP contribution in [0, 0.1) is 5.41 Å². The summed E-state index contributed by atoms with van der Waals surface area (Å²) in [7, 11) is 1.70. The van der Waals surface area contributed by atoms with Crippen molar-refractivity contribution in [3.63, 3.8) is 0 Å². The maximum absolute atomic E-state index is 14.2. The van der Waals surface area contributed by atoms with E-state index >= 15 is 0 Å². The van der Waals surface area contributed by atoms with Crippen molar-refractivity contribution in [2.75, 3.05) is 102 Å². The van der Waals surface area contributed by atoms with Crippen LogP contribution in [-0.2, 0) is 36.0 Å². The number of carbonyl (C=O) groups excluding carboxylic acids is 2. The lowest BCUT2D eigenvalue weighted by molar-refractivity contribution is -0.111. The standard InChI is InChI=1S/C52H70N12O5/c1-7-48(66)55-40-26-37(10-11-41(40)60-20-19-59(30-34(60)2)38-13-17-58(18-14-38)39-12-15-53-46(27-39)61-23-24-69-33-35(61)3)54-49-51(68)57(6)31-47(56-49)63-16-8-9-42(45(63)32-65)64-22-21-62-43(50(64)67)25-36-28-52(4,5)29-44(36)62/h7,10-12,15,25-27,31,34-35,38,42,45,65H,1,8-9,13-14,16-24,28-30,32-33H2,2-6H3,(H,54,56)(H,55,66)/t34-,35-,42?,45?/m0/s1. The molecule has 3 N–H and O–H groups in total. The van der Waals surface area contributed by atoms with Crippen LogP contribution >= 0.6 is 0 Å². The molecule has 368 valence electrons. The Morgan fingerprint density at radius 1 is 0.913 bits per heavy atom. The van der Waals surface area contributed by atoms with Crippen molar-refractivity contribution in [3.8, 4) is 0 Å². The first-order valence-electron chi connectivity index (χ1n) is 25.2. The third kappa shape index (κ3) is 9.20. The van der Waals surface area contributed by atoms with Gasteiger partial charge in [-0.1, -0.05) is 20.4 Å². The number of morpholine rings is 1. The highest BCUT2D eigenvalue weighted by Gasteiger charge is 2.43. The number of anilines is 7. The van der Waals surface area contributed by atoms with Crippen molar-refractivity contribution in [1.29, 1.82) is 0 Å². The number of aryl methyl sites for hydroxylation is 1. The average molecular weight is 943 g/mol. The highest BCUT2D eigenvalue weighted by Crippen LogP contribution is 2.40. The molecule has 0 saturated carbocycles. The minimum atomic E-state index is -0.409. The number of benzene rings is 1. The molecule has 17 nitrogen and oxygen atoms in total. The zero-order chi connectivity index (χ0) is 48.1. The molecule has 4 saturated heterocycles. The maximum Gasteiger partial charge on any atom is 0.293 e. The lowest BCUT2D eigenvalue weighted by atomic mass is 9.90. The molecule has 0 spiro atoms. The molecular weight excluding hydrogens is 873 g/mol. The number of nitrogens with zero attached hydrogens (tertiary/aromatic N) is 10. The molecule has 1 aliphatic carbocycles. The van der Waals surface area contributed by atoms with Crippen LogP contribution in [0.15, 0.2) is 66.2 Å². The van der Waals surface area contributed by atoms with Gasteiger partial charge in [-0.25, -0.2) is 9.97 Å². The third-order valence-electron chi connectivity index (χ3n) is 15.7. The largest absolute Gasteiger partial charge is 0.394 e. The van der Waals surface area contributed by atoms with Crippen LogP contribution < -0.4 is 35.8 Å². The molecule has 1 aromatic carbocycles. The van der Waals surface area contributed by atoms with Gasteiger partial charge in [-0.2, -0.15) is 0 Å². The van der Waals surface area contributed by atoms with Gasteiger partial charge in [-0.15, -0.1) is 0 Å². The monoisotopic (exact) mass is 943 g/mol. The van der Waals surface area contributed by atoms with Crippen LogP contribution in [0.3, 0.4) is 0 Å². The second-order valence-corrected chi connectivity index (χ2v) is 21.0. The van der Waals surface area contributed by atoms with Gasteiger partial charge in [0.1, 0.15) is 17.3 Å². The first-order chi connectivity index (χ1) is 33.3. The highest BCUT2D eigenvalue weighted by molar-refractivity contribution is 6.02. The van der Waals surface area contributed by atoms with Crippen molar-refractivity contribution in [2.24, 2.45) is 12.5 Å². The molecule has 0 radical (unpaired) electrons. The molecule has 4 aromatic rings. The number of fused-ring (bicyclic) bond motifs is 3. The van der Waals surface area contributed by atoms with Gasteiger partial charge in [0.15, 0.2) is 5.82 Å². The Kier molecular flexibility index (Phi) is 13.0. The smallest absolute Gasteiger partial charge is 0.293 e. The number of piperazine rings is 1. The van der Waals surface area contributed by atoms with E-state index < -0.39 is 6.04 Å². The molecule has 4 fully saturated rings. The predicted octanol–water partition coefficient (Wildman–Crippen LogP) is 4.86. The maximum atomic E-state index is 14.2. The number of rotatable bonds is 11. The molecule has 8 heterocycles. The first-order valence-corrected chi connectivity index (χ1v) is 25.2. The number of aliphatic hydroxyl groups excluding tert-OH is 1. The number of aliphatic hydroxyl groups is 1. The average Bonchev–Trinajstić information content (AvgIpc) is 3.85. The second-order valence-electron chi connectivity index (χ2n) is 21.0. The van der Waals surface area contributed by atoms with Gasteiger partial charge in [0.25, 0.3) is 11.5 Å². The van der Waals surface area contributed by atoms with E-state index in [0.29, 0.717) is 42.4 Å². The first kappa shape index (κ1) is 46.8. The van der Waals surface area contributed by atoms with Gasteiger partial charge in [0, 0.05) is 114 Å². The number of piperidine rings is 2. The molecule has 69 heavy (non-hydrogen) atoms. The van der Waals surface area contributed by atoms with Crippen LogP contribution in [0.4, 0.5) is 40.2 Å². The summed E-state index contributed by atoms with van der Waals surface area (Å²) in [5.41, 5.74) is 6.52. The Labute approximate surface area is 405 Å². The summed E-state index contributed by atoms with van der Waals surface area (Å²) in [5.74, 6) is 1.37. The molecule has 6 aliphatic rings. The van der Waals surface area contributed by atoms with Crippen molar-refractivity contribution >= 4 is 52.0 Å². The van der Waals surface area contributed by atoms with Crippen LogP contribution in [0.5, 0.6) is 0 Å². The van der Waals surface area contributed by atoms with E-state index in [1.54, 1.807) is 13.2 Å².